The summed E-state index contributed by atoms with van der Waals surface area (Å²) >= 11 is 0. The van der Waals surface area contributed by atoms with Crippen LogP contribution in [0.5, 0.6) is 0 Å². The van der Waals surface area contributed by atoms with Crippen LogP contribution in [-0.2, 0) is 28.6 Å². The summed E-state index contributed by atoms with van der Waals surface area (Å²) < 4.78 is 16.8. The molecule has 0 aromatic carbocycles. The minimum Gasteiger partial charge on any atom is -0.462 e. The SMILES string of the molecule is CCCCCCCCCC/C=C\CCCCCCCCCCCCCCCCCCCCCC(=O)OCC(COC(=O)CCCCCCC)OC(=O)CCCCCCCCCCCCCCCCCCCCCCCCC. The van der Waals surface area contributed by atoms with E-state index in [4.69, 9.17) is 14.2 Å². The van der Waals surface area contributed by atoms with Gasteiger partial charge in [0.15, 0.2) is 6.10 Å². The Morgan fingerprint density at radius 1 is 0.247 bits per heavy atom. The third kappa shape index (κ3) is 64.9. The Bertz CT molecular complexity index is 1200. The quantitative estimate of drug-likeness (QED) is 0.0261. The first-order valence-electron chi connectivity index (χ1n) is 35.2. The van der Waals surface area contributed by atoms with E-state index in [9.17, 15) is 14.4 Å². The molecule has 0 aromatic heterocycles. The monoisotopic (exact) mass is 1090 g/mol. The summed E-state index contributed by atoms with van der Waals surface area (Å²) in [6.07, 6.45) is 80.2. The van der Waals surface area contributed by atoms with E-state index in [1.807, 2.05) is 0 Å². The molecule has 0 amide bonds. The minimum atomic E-state index is -0.762. The summed E-state index contributed by atoms with van der Waals surface area (Å²) in [6, 6.07) is 0. The van der Waals surface area contributed by atoms with E-state index < -0.39 is 6.10 Å². The molecule has 6 heteroatoms. The van der Waals surface area contributed by atoms with E-state index in [0.29, 0.717) is 19.3 Å². The van der Waals surface area contributed by atoms with Gasteiger partial charge < -0.3 is 14.2 Å². The Balaban J connectivity index is 3.89. The third-order valence-electron chi connectivity index (χ3n) is 16.3. The van der Waals surface area contributed by atoms with E-state index in [2.05, 4.69) is 32.9 Å². The molecule has 0 fully saturated rings. The molecule has 0 spiro atoms. The molecule has 0 heterocycles. The molecule has 0 bridgehead atoms. The summed E-state index contributed by atoms with van der Waals surface area (Å²) in [5.74, 6) is -0.847. The van der Waals surface area contributed by atoms with Gasteiger partial charge in [-0.1, -0.05) is 354 Å². The van der Waals surface area contributed by atoms with Gasteiger partial charge in [0.1, 0.15) is 13.2 Å². The van der Waals surface area contributed by atoms with Gasteiger partial charge in [-0.3, -0.25) is 14.4 Å². The molecule has 0 rings (SSSR count). The van der Waals surface area contributed by atoms with Crippen LogP contribution in [0.2, 0.25) is 0 Å². The van der Waals surface area contributed by atoms with Crippen molar-refractivity contribution in [2.24, 2.45) is 0 Å². The van der Waals surface area contributed by atoms with Crippen molar-refractivity contribution >= 4 is 17.9 Å². The number of hydrogen-bond donors (Lipinski definition) is 0. The van der Waals surface area contributed by atoms with Crippen LogP contribution in [0.1, 0.15) is 406 Å². The van der Waals surface area contributed by atoms with Gasteiger partial charge in [-0.2, -0.15) is 0 Å². The highest BCUT2D eigenvalue weighted by Gasteiger charge is 2.19. The Morgan fingerprint density at radius 2 is 0.429 bits per heavy atom. The van der Waals surface area contributed by atoms with Crippen molar-refractivity contribution in [2.45, 2.75) is 412 Å². The molecule has 0 saturated carbocycles. The van der Waals surface area contributed by atoms with Crippen LogP contribution < -0.4 is 0 Å². The molecule has 0 aliphatic carbocycles. The van der Waals surface area contributed by atoms with E-state index in [1.165, 1.54) is 302 Å². The smallest absolute Gasteiger partial charge is 0.306 e. The molecule has 1 atom stereocenters. The van der Waals surface area contributed by atoms with E-state index >= 15 is 0 Å². The Morgan fingerprint density at radius 3 is 0.649 bits per heavy atom. The van der Waals surface area contributed by atoms with Gasteiger partial charge in [-0.25, -0.2) is 0 Å². The topological polar surface area (TPSA) is 78.9 Å². The Labute approximate surface area is 481 Å². The van der Waals surface area contributed by atoms with Gasteiger partial charge in [0.05, 0.1) is 0 Å². The van der Waals surface area contributed by atoms with Gasteiger partial charge in [0.2, 0.25) is 0 Å². The normalized spacial score (nSPS) is 12.0. The largest absolute Gasteiger partial charge is 0.462 e. The van der Waals surface area contributed by atoms with Crippen LogP contribution in [0.15, 0.2) is 12.2 Å². The Hall–Kier alpha value is -1.85. The molecule has 0 aromatic rings. The fourth-order valence-corrected chi connectivity index (χ4v) is 11.0. The van der Waals surface area contributed by atoms with E-state index in [1.54, 1.807) is 0 Å². The average molecular weight is 1090 g/mol. The van der Waals surface area contributed by atoms with Gasteiger partial charge in [0, 0.05) is 19.3 Å². The van der Waals surface area contributed by atoms with E-state index in [-0.39, 0.29) is 31.1 Å². The standard InChI is InChI=1S/C71H136O6/c1-4-7-10-13-15-17-19-21-23-25-27-29-31-32-33-34-35-36-37-38-40-41-43-45-47-49-51-53-55-58-61-64-70(73)76-67-68(66-75-69(72)63-60-57-12-9-6-3)77-71(74)65-62-59-56-54-52-50-48-46-44-42-39-30-28-26-24-22-20-18-16-14-11-8-5-2/h25,27,68H,4-24,26,28-67H2,1-3H3/b27-25-. The highest BCUT2D eigenvalue weighted by Crippen LogP contribution is 2.19. The lowest BCUT2D eigenvalue weighted by atomic mass is 10.0. The molecule has 6 nitrogen and oxygen atoms in total. The number of esters is 3. The lowest BCUT2D eigenvalue weighted by molar-refractivity contribution is -0.167. The second-order valence-electron chi connectivity index (χ2n) is 24.2. The lowest BCUT2D eigenvalue weighted by Gasteiger charge is -2.18. The average Bonchev–Trinajstić information content (AvgIpc) is 3.43. The van der Waals surface area contributed by atoms with Crippen LogP contribution in [-0.4, -0.2) is 37.2 Å². The summed E-state index contributed by atoms with van der Waals surface area (Å²) in [5, 5.41) is 0. The molecule has 77 heavy (non-hydrogen) atoms. The van der Waals surface area contributed by atoms with Gasteiger partial charge >= 0.3 is 17.9 Å². The highest BCUT2D eigenvalue weighted by molar-refractivity contribution is 5.71. The van der Waals surface area contributed by atoms with E-state index in [0.717, 1.165) is 64.2 Å². The summed E-state index contributed by atoms with van der Waals surface area (Å²) in [7, 11) is 0. The van der Waals surface area contributed by atoms with Crippen LogP contribution in [0, 0.1) is 0 Å². The first kappa shape index (κ1) is 75.2. The first-order chi connectivity index (χ1) is 38.0. The number of unbranched alkanes of at least 4 members (excludes halogenated alkanes) is 53. The summed E-state index contributed by atoms with van der Waals surface area (Å²) in [6.45, 7) is 6.64. The van der Waals surface area contributed by atoms with Gasteiger partial charge in [0.25, 0.3) is 0 Å². The zero-order valence-corrected chi connectivity index (χ0v) is 52.5. The first-order valence-corrected chi connectivity index (χ1v) is 35.2. The predicted octanol–water partition coefficient (Wildman–Crippen LogP) is 24.0. The summed E-state index contributed by atoms with van der Waals surface area (Å²) in [5.41, 5.74) is 0. The maximum atomic E-state index is 12.8. The second-order valence-corrected chi connectivity index (χ2v) is 24.2. The van der Waals surface area contributed by atoms with Crippen molar-refractivity contribution in [3.63, 3.8) is 0 Å². The number of carbonyl (C=O) groups is 3. The van der Waals surface area contributed by atoms with Crippen molar-refractivity contribution in [2.75, 3.05) is 13.2 Å². The maximum absolute atomic E-state index is 12.8. The van der Waals surface area contributed by atoms with Crippen LogP contribution >= 0.6 is 0 Å². The molecule has 0 radical (unpaired) electrons. The fourth-order valence-electron chi connectivity index (χ4n) is 11.0. The maximum Gasteiger partial charge on any atom is 0.306 e. The zero-order valence-electron chi connectivity index (χ0n) is 52.5. The molecule has 0 aliphatic rings. The molecule has 0 N–H and O–H groups in total. The number of ether oxygens (including phenoxy) is 3. The van der Waals surface area contributed by atoms with Gasteiger partial charge in [-0.05, 0) is 44.9 Å². The molecule has 0 aliphatic heterocycles. The Kier molecular flexibility index (Phi) is 65.1. The van der Waals surface area contributed by atoms with Crippen LogP contribution in [0.3, 0.4) is 0 Å². The van der Waals surface area contributed by atoms with Crippen molar-refractivity contribution in [1.29, 1.82) is 0 Å². The zero-order chi connectivity index (χ0) is 55.7. The van der Waals surface area contributed by atoms with Gasteiger partial charge in [-0.15, -0.1) is 0 Å². The van der Waals surface area contributed by atoms with Crippen molar-refractivity contribution in [1.82, 2.24) is 0 Å². The van der Waals surface area contributed by atoms with Crippen molar-refractivity contribution < 1.29 is 28.6 Å². The number of rotatable bonds is 66. The predicted molar refractivity (Wildman–Crippen MR) is 335 cm³/mol. The third-order valence-corrected chi connectivity index (χ3v) is 16.3. The minimum absolute atomic E-state index is 0.0637. The number of allylic oxidation sites excluding steroid dienone is 2. The van der Waals surface area contributed by atoms with Crippen molar-refractivity contribution in [3.8, 4) is 0 Å². The van der Waals surface area contributed by atoms with Crippen LogP contribution in [0.25, 0.3) is 0 Å². The van der Waals surface area contributed by atoms with Crippen LogP contribution in [0.4, 0.5) is 0 Å². The molecule has 456 valence electrons. The number of hydrogen-bond acceptors (Lipinski definition) is 6. The highest BCUT2D eigenvalue weighted by atomic mass is 16.6. The summed E-state index contributed by atoms with van der Waals surface area (Å²) in [4.78, 5) is 38.0. The fraction of sp³-hybridized carbons (Fsp3) is 0.930. The van der Waals surface area contributed by atoms with Crippen molar-refractivity contribution in [3.05, 3.63) is 12.2 Å². The molecule has 1 unspecified atom stereocenters. The molecular formula is C71H136O6. The second kappa shape index (κ2) is 66.7. The molecular weight excluding hydrogens is 949 g/mol. The number of carbonyl (C=O) groups excluding carboxylic acids is 3. The molecule has 0 saturated heterocycles. The lowest BCUT2D eigenvalue weighted by Crippen LogP contribution is -2.30.